The highest BCUT2D eigenvalue weighted by molar-refractivity contribution is 7.89. The molecular formula is C12H16N2O5S. The summed E-state index contributed by atoms with van der Waals surface area (Å²) in [6, 6.07) is 3.78. The van der Waals surface area contributed by atoms with Crippen LogP contribution in [-0.4, -0.2) is 38.7 Å². The molecule has 20 heavy (non-hydrogen) atoms. The molecule has 0 radical (unpaired) electrons. The molecule has 1 heterocycles. The van der Waals surface area contributed by atoms with E-state index in [1.807, 2.05) is 0 Å². The highest BCUT2D eigenvalue weighted by Gasteiger charge is 2.19. The van der Waals surface area contributed by atoms with Crippen LogP contribution in [0.1, 0.15) is 23.2 Å². The molecular weight excluding hydrogens is 284 g/mol. The first-order valence-corrected chi connectivity index (χ1v) is 7.68. The summed E-state index contributed by atoms with van der Waals surface area (Å²) in [5.74, 6) is -1.21. The fraction of sp³-hybridized carbons (Fsp3) is 0.417. The standard InChI is InChI=1S/C12H16N2O5S/c13-20(17,18)11-6-8(12(15)16)3-4-10(11)14-7-9-2-1-5-19-9/h3-4,6,9,14H,1-2,5,7H2,(H,15,16)(H2,13,17,18)/t9-/m0/s1. The van der Waals surface area contributed by atoms with Crippen molar-refractivity contribution in [2.45, 2.75) is 23.8 Å². The molecule has 0 aliphatic carbocycles. The number of hydrogen-bond acceptors (Lipinski definition) is 5. The number of aromatic carboxylic acids is 1. The number of carboxylic acid groups (broad SMARTS) is 1. The quantitative estimate of drug-likeness (QED) is 0.733. The molecule has 1 fully saturated rings. The van der Waals surface area contributed by atoms with Gasteiger partial charge in [-0.15, -0.1) is 0 Å². The fourth-order valence-electron chi connectivity index (χ4n) is 2.07. The molecule has 4 N–H and O–H groups in total. The molecule has 1 aromatic rings. The zero-order valence-electron chi connectivity index (χ0n) is 10.7. The molecule has 0 unspecified atom stereocenters. The van der Waals surface area contributed by atoms with E-state index in [1.54, 1.807) is 0 Å². The number of sulfonamides is 1. The monoisotopic (exact) mass is 300 g/mol. The summed E-state index contributed by atoms with van der Waals surface area (Å²) >= 11 is 0. The average Bonchev–Trinajstić information content (AvgIpc) is 2.88. The molecule has 1 saturated heterocycles. The van der Waals surface area contributed by atoms with Gasteiger partial charge in [-0.25, -0.2) is 18.4 Å². The Morgan fingerprint density at radius 3 is 2.80 bits per heavy atom. The summed E-state index contributed by atoms with van der Waals surface area (Å²) in [6.45, 7) is 1.15. The van der Waals surface area contributed by atoms with Gasteiger partial charge in [-0.1, -0.05) is 0 Å². The molecule has 0 amide bonds. The number of carbonyl (C=O) groups is 1. The minimum Gasteiger partial charge on any atom is -0.478 e. The van der Waals surface area contributed by atoms with Gasteiger partial charge in [0.2, 0.25) is 10.0 Å². The maximum atomic E-state index is 11.5. The molecule has 1 aliphatic heterocycles. The van der Waals surface area contributed by atoms with Crippen LogP contribution in [0.15, 0.2) is 23.1 Å². The lowest BCUT2D eigenvalue weighted by Gasteiger charge is -2.14. The van der Waals surface area contributed by atoms with E-state index in [2.05, 4.69) is 5.32 Å². The first-order chi connectivity index (χ1) is 9.38. The molecule has 110 valence electrons. The number of hydrogen-bond donors (Lipinski definition) is 3. The van der Waals surface area contributed by atoms with Crippen LogP contribution < -0.4 is 10.5 Å². The van der Waals surface area contributed by atoms with Crippen LogP contribution in [0.3, 0.4) is 0 Å². The third-order valence-electron chi connectivity index (χ3n) is 3.08. The Morgan fingerprint density at radius 2 is 2.25 bits per heavy atom. The van der Waals surface area contributed by atoms with E-state index in [0.717, 1.165) is 18.9 Å². The number of nitrogens with two attached hydrogens (primary N) is 1. The van der Waals surface area contributed by atoms with Gasteiger partial charge in [-0.2, -0.15) is 0 Å². The number of carboxylic acids is 1. The van der Waals surface area contributed by atoms with Crippen molar-refractivity contribution in [1.29, 1.82) is 0 Å². The molecule has 0 bridgehead atoms. The molecule has 1 aromatic carbocycles. The Hall–Kier alpha value is -1.64. The van der Waals surface area contributed by atoms with Crippen LogP contribution in [0, 0.1) is 0 Å². The van der Waals surface area contributed by atoms with Crippen molar-refractivity contribution >= 4 is 21.7 Å². The van der Waals surface area contributed by atoms with Gasteiger partial charge in [0, 0.05) is 13.2 Å². The zero-order valence-corrected chi connectivity index (χ0v) is 11.5. The van der Waals surface area contributed by atoms with Crippen molar-refractivity contribution in [2.75, 3.05) is 18.5 Å². The molecule has 0 aromatic heterocycles. The van der Waals surface area contributed by atoms with E-state index in [4.69, 9.17) is 15.0 Å². The second kappa shape index (κ2) is 5.78. The normalized spacial score (nSPS) is 18.9. The summed E-state index contributed by atoms with van der Waals surface area (Å²) < 4.78 is 28.5. The van der Waals surface area contributed by atoms with Crippen LogP contribution in [0.4, 0.5) is 5.69 Å². The summed E-state index contributed by atoms with van der Waals surface area (Å²) in [4.78, 5) is 10.7. The minimum atomic E-state index is -4.00. The van der Waals surface area contributed by atoms with Crippen molar-refractivity contribution in [3.05, 3.63) is 23.8 Å². The van der Waals surface area contributed by atoms with Gasteiger partial charge < -0.3 is 15.2 Å². The zero-order chi connectivity index (χ0) is 14.8. The van der Waals surface area contributed by atoms with Gasteiger partial charge >= 0.3 is 5.97 Å². The molecule has 7 nitrogen and oxygen atoms in total. The number of primary sulfonamides is 1. The number of anilines is 1. The first-order valence-electron chi connectivity index (χ1n) is 6.13. The fourth-order valence-corrected chi connectivity index (χ4v) is 2.80. The van der Waals surface area contributed by atoms with Crippen molar-refractivity contribution < 1.29 is 23.1 Å². The second-order valence-corrected chi connectivity index (χ2v) is 6.11. The lowest BCUT2D eigenvalue weighted by Crippen LogP contribution is -2.21. The van der Waals surface area contributed by atoms with Crippen LogP contribution in [0.25, 0.3) is 0 Å². The van der Waals surface area contributed by atoms with Crippen molar-refractivity contribution in [2.24, 2.45) is 5.14 Å². The predicted octanol–water partition coefficient (Wildman–Crippen LogP) is 0.623. The Kier molecular flexibility index (Phi) is 4.26. The van der Waals surface area contributed by atoms with E-state index in [9.17, 15) is 13.2 Å². The van der Waals surface area contributed by atoms with Crippen LogP contribution in [-0.2, 0) is 14.8 Å². The van der Waals surface area contributed by atoms with E-state index in [0.29, 0.717) is 13.2 Å². The minimum absolute atomic E-state index is 0.0301. The van der Waals surface area contributed by atoms with Gasteiger partial charge in [-0.3, -0.25) is 0 Å². The lowest BCUT2D eigenvalue weighted by atomic mass is 10.2. The molecule has 2 rings (SSSR count). The molecule has 1 aliphatic rings. The highest BCUT2D eigenvalue weighted by Crippen LogP contribution is 2.23. The van der Waals surface area contributed by atoms with Crippen LogP contribution in [0.2, 0.25) is 0 Å². The number of nitrogens with one attached hydrogen (secondary N) is 1. The number of rotatable bonds is 5. The van der Waals surface area contributed by atoms with Gasteiger partial charge in [-0.05, 0) is 31.0 Å². The topological polar surface area (TPSA) is 119 Å². The summed E-state index contributed by atoms with van der Waals surface area (Å²) in [5, 5.41) is 17.0. The summed E-state index contributed by atoms with van der Waals surface area (Å²) in [6.07, 6.45) is 1.92. The Morgan fingerprint density at radius 1 is 1.50 bits per heavy atom. The predicted molar refractivity (Wildman–Crippen MR) is 72.2 cm³/mol. The third-order valence-corrected chi connectivity index (χ3v) is 4.03. The maximum Gasteiger partial charge on any atom is 0.335 e. The van der Waals surface area contributed by atoms with Gasteiger partial charge in [0.15, 0.2) is 0 Å². The lowest BCUT2D eigenvalue weighted by molar-refractivity contribution is 0.0696. The van der Waals surface area contributed by atoms with E-state index < -0.39 is 16.0 Å². The Balaban J connectivity index is 2.24. The van der Waals surface area contributed by atoms with Crippen molar-refractivity contribution in [3.63, 3.8) is 0 Å². The highest BCUT2D eigenvalue weighted by atomic mass is 32.2. The number of ether oxygens (including phenoxy) is 1. The smallest absolute Gasteiger partial charge is 0.335 e. The van der Waals surface area contributed by atoms with Crippen LogP contribution in [0.5, 0.6) is 0 Å². The number of benzene rings is 1. The largest absolute Gasteiger partial charge is 0.478 e. The maximum absolute atomic E-state index is 11.5. The summed E-state index contributed by atoms with van der Waals surface area (Å²) in [7, 11) is -4.00. The van der Waals surface area contributed by atoms with Crippen molar-refractivity contribution in [1.82, 2.24) is 0 Å². The molecule has 0 spiro atoms. The van der Waals surface area contributed by atoms with Crippen molar-refractivity contribution in [3.8, 4) is 0 Å². The Bertz CT molecular complexity index is 608. The van der Waals surface area contributed by atoms with Crippen LogP contribution >= 0.6 is 0 Å². The average molecular weight is 300 g/mol. The third kappa shape index (κ3) is 3.47. The molecule has 1 atom stereocenters. The first kappa shape index (κ1) is 14.8. The SMILES string of the molecule is NS(=O)(=O)c1cc(C(=O)O)ccc1NC[C@@H]1CCCO1. The Labute approximate surface area is 116 Å². The van der Waals surface area contributed by atoms with E-state index in [1.165, 1.54) is 12.1 Å². The molecule has 0 saturated carbocycles. The van der Waals surface area contributed by atoms with Gasteiger partial charge in [0.05, 0.1) is 17.4 Å². The van der Waals surface area contributed by atoms with E-state index in [-0.39, 0.29) is 22.3 Å². The van der Waals surface area contributed by atoms with E-state index >= 15 is 0 Å². The summed E-state index contributed by atoms with van der Waals surface area (Å²) in [5.41, 5.74) is 0.157. The second-order valence-electron chi connectivity index (χ2n) is 4.58. The van der Waals surface area contributed by atoms with Gasteiger partial charge in [0.25, 0.3) is 0 Å². The molecule has 8 heteroatoms. The van der Waals surface area contributed by atoms with Gasteiger partial charge in [0.1, 0.15) is 4.90 Å².